The topological polar surface area (TPSA) is 12.9 Å². The maximum atomic E-state index is 4.97. The van der Waals surface area contributed by atoms with Gasteiger partial charge in [-0.05, 0) is 83.7 Å². The average molecular weight is 574 g/mol. The Kier molecular flexibility index (Phi) is 5.61. The lowest BCUT2D eigenvalue weighted by Gasteiger charge is -2.23. The molecule has 0 aliphatic heterocycles. The molecule has 0 amide bonds. The van der Waals surface area contributed by atoms with Crippen LogP contribution < -0.4 is 0 Å². The van der Waals surface area contributed by atoms with Crippen LogP contribution in [-0.4, -0.2) is 4.98 Å². The van der Waals surface area contributed by atoms with E-state index in [2.05, 4.69) is 159 Å². The van der Waals surface area contributed by atoms with Crippen LogP contribution in [0.15, 0.2) is 152 Å². The van der Waals surface area contributed by atoms with Gasteiger partial charge < -0.3 is 0 Å². The van der Waals surface area contributed by atoms with E-state index in [4.69, 9.17) is 4.98 Å². The lowest BCUT2D eigenvalue weighted by Crippen LogP contribution is -2.15. The van der Waals surface area contributed by atoms with E-state index < -0.39 is 0 Å². The minimum atomic E-state index is -0.0926. The van der Waals surface area contributed by atoms with E-state index in [9.17, 15) is 0 Å². The van der Waals surface area contributed by atoms with Crippen molar-refractivity contribution in [1.29, 1.82) is 0 Å². The third-order valence-corrected chi connectivity index (χ3v) is 9.91. The molecule has 8 aromatic rings. The van der Waals surface area contributed by atoms with Crippen molar-refractivity contribution in [3.05, 3.63) is 163 Å². The Balaban J connectivity index is 1.26. The zero-order valence-electron chi connectivity index (χ0n) is 25.4. The maximum absolute atomic E-state index is 4.97. The predicted molar refractivity (Wildman–Crippen MR) is 191 cm³/mol. The zero-order chi connectivity index (χ0) is 30.1. The van der Waals surface area contributed by atoms with Crippen molar-refractivity contribution in [2.75, 3.05) is 0 Å². The van der Waals surface area contributed by atoms with Crippen LogP contribution in [0, 0.1) is 0 Å². The molecule has 0 bridgehead atoms. The molecule has 1 heterocycles. The molecule has 0 saturated carbocycles. The van der Waals surface area contributed by atoms with Crippen molar-refractivity contribution < 1.29 is 0 Å². The van der Waals surface area contributed by atoms with Gasteiger partial charge in [0.2, 0.25) is 0 Å². The molecule has 7 aromatic carbocycles. The van der Waals surface area contributed by atoms with Gasteiger partial charge in [0.05, 0.1) is 5.52 Å². The van der Waals surface area contributed by atoms with Gasteiger partial charge in [-0.3, -0.25) is 4.98 Å². The fourth-order valence-electron chi connectivity index (χ4n) is 7.81. The number of rotatable bonds is 3. The highest BCUT2D eigenvalue weighted by Crippen LogP contribution is 2.53. The molecule has 1 aliphatic rings. The average Bonchev–Trinajstić information content (AvgIpc) is 3.33. The number of fused-ring (bicyclic) bond motifs is 7. The largest absolute Gasteiger partial charge is 0.256 e. The van der Waals surface area contributed by atoms with Crippen molar-refractivity contribution in [1.82, 2.24) is 4.98 Å². The summed E-state index contributed by atoms with van der Waals surface area (Å²) in [5, 5.41) is 6.29. The van der Waals surface area contributed by atoms with Crippen molar-refractivity contribution >= 4 is 32.4 Å². The molecule has 0 N–H and O–H groups in total. The number of hydrogen-bond donors (Lipinski definition) is 0. The highest BCUT2D eigenvalue weighted by atomic mass is 14.7. The Labute approximate surface area is 263 Å². The monoisotopic (exact) mass is 573 g/mol. The number of pyridine rings is 1. The second-order valence-corrected chi connectivity index (χ2v) is 12.7. The normalized spacial score (nSPS) is 13.3. The van der Waals surface area contributed by atoms with Crippen LogP contribution in [0.25, 0.3) is 77.0 Å². The quantitative estimate of drug-likeness (QED) is 0.192. The Morgan fingerprint density at radius 1 is 0.400 bits per heavy atom. The summed E-state index contributed by atoms with van der Waals surface area (Å²) in [4.78, 5) is 4.97. The van der Waals surface area contributed by atoms with Crippen molar-refractivity contribution in [2.45, 2.75) is 19.3 Å². The molecule has 0 spiro atoms. The number of aromatic nitrogens is 1. The van der Waals surface area contributed by atoms with Crippen LogP contribution in [0.2, 0.25) is 0 Å². The minimum absolute atomic E-state index is 0.0926. The summed E-state index contributed by atoms with van der Waals surface area (Å²) in [7, 11) is 0. The lowest BCUT2D eigenvalue weighted by atomic mass is 9.81. The molecule has 1 heteroatoms. The van der Waals surface area contributed by atoms with E-state index in [0.717, 1.165) is 5.52 Å². The Morgan fingerprint density at radius 2 is 0.911 bits per heavy atom. The van der Waals surface area contributed by atoms with Gasteiger partial charge in [0, 0.05) is 22.6 Å². The zero-order valence-corrected chi connectivity index (χ0v) is 25.4. The van der Waals surface area contributed by atoms with Gasteiger partial charge in [-0.15, -0.1) is 0 Å². The van der Waals surface area contributed by atoms with E-state index in [1.54, 1.807) is 0 Å². The third-order valence-electron chi connectivity index (χ3n) is 9.91. The molecule has 0 saturated heterocycles. The fraction of sp³-hybridized carbons (Fsp3) is 0.0682. The maximum Gasteiger partial charge on any atom is 0.0789 e. The summed E-state index contributed by atoms with van der Waals surface area (Å²) < 4.78 is 0. The molecule has 1 nitrogen and oxygen atoms in total. The first-order valence-electron chi connectivity index (χ1n) is 15.7. The molecule has 0 radical (unpaired) electrons. The molecular formula is C44H31N. The standard InChI is InChI=1S/C44H31N/c1-44(2)38-21-11-10-19-36(38)42-39(44)27-37(35-20-12-26-45-43(35)42)28-22-24-30(25-23-28)41-33-17-8-6-15-31(33)40(29-13-4-3-5-14-29)32-16-7-9-18-34(32)41/h3-27H,1-2H3. The first kappa shape index (κ1) is 25.9. The smallest absolute Gasteiger partial charge is 0.0789 e. The van der Waals surface area contributed by atoms with E-state index in [1.807, 2.05) is 6.20 Å². The van der Waals surface area contributed by atoms with Gasteiger partial charge in [0.1, 0.15) is 0 Å². The molecule has 0 fully saturated rings. The third kappa shape index (κ3) is 3.77. The molecular weight excluding hydrogens is 542 g/mol. The van der Waals surface area contributed by atoms with Gasteiger partial charge >= 0.3 is 0 Å². The fourth-order valence-corrected chi connectivity index (χ4v) is 7.81. The molecule has 212 valence electrons. The van der Waals surface area contributed by atoms with Crippen LogP contribution in [0.5, 0.6) is 0 Å². The number of nitrogens with zero attached hydrogens (tertiary/aromatic N) is 1. The van der Waals surface area contributed by atoms with E-state index >= 15 is 0 Å². The summed E-state index contributed by atoms with van der Waals surface area (Å²) in [6, 6.07) is 53.3. The first-order chi connectivity index (χ1) is 22.1. The van der Waals surface area contributed by atoms with Gasteiger partial charge in [0.15, 0.2) is 0 Å². The molecule has 9 rings (SSSR count). The highest BCUT2D eigenvalue weighted by molar-refractivity contribution is 6.21. The molecule has 1 aromatic heterocycles. The SMILES string of the molecule is CC1(C)c2ccccc2-c2c1cc(-c1ccc(-c3c4ccccc4c(-c4ccccc4)c4ccccc34)cc1)c1cccnc21. The molecule has 0 unspecified atom stereocenters. The summed E-state index contributed by atoms with van der Waals surface area (Å²) in [5.74, 6) is 0. The number of benzene rings is 7. The Morgan fingerprint density at radius 3 is 1.56 bits per heavy atom. The summed E-state index contributed by atoms with van der Waals surface area (Å²) >= 11 is 0. The molecule has 45 heavy (non-hydrogen) atoms. The van der Waals surface area contributed by atoms with Crippen LogP contribution >= 0.6 is 0 Å². The number of hydrogen-bond acceptors (Lipinski definition) is 1. The van der Waals surface area contributed by atoms with Gasteiger partial charge in [-0.2, -0.15) is 0 Å². The second kappa shape index (κ2) is 9.74. The second-order valence-electron chi connectivity index (χ2n) is 12.7. The lowest BCUT2D eigenvalue weighted by molar-refractivity contribution is 0.661. The summed E-state index contributed by atoms with van der Waals surface area (Å²) in [6.07, 6.45) is 1.93. The van der Waals surface area contributed by atoms with Crippen molar-refractivity contribution in [3.63, 3.8) is 0 Å². The van der Waals surface area contributed by atoms with Crippen LogP contribution in [0.1, 0.15) is 25.0 Å². The van der Waals surface area contributed by atoms with Crippen LogP contribution in [-0.2, 0) is 5.41 Å². The van der Waals surface area contributed by atoms with Gasteiger partial charge in [0.25, 0.3) is 0 Å². The molecule has 1 aliphatic carbocycles. The van der Waals surface area contributed by atoms with Gasteiger partial charge in [-0.25, -0.2) is 0 Å². The Hall–Kier alpha value is -5.53. The first-order valence-corrected chi connectivity index (χ1v) is 15.7. The van der Waals surface area contributed by atoms with Gasteiger partial charge in [-0.1, -0.05) is 147 Å². The minimum Gasteiger partial charge on any atom is -0.256 e. The van der Waals surface area contributed by atoms with E-state index in [-0.39, 0.29) is 5.41 Å². The van der Waals surface area contributed by atoms with E-state index in [0.29, 0.717) is 0 Å². The van der Waals surface area contributed by atoms with E-state index in [1.165, 1.54) is 82.6 Å². The van der Waals surface area contributed by atoms with Crippen LogP contribution in [0.4, 0.5) is 0 Å². The van der Waals surface area contributed by atoms with Crippen molar-refractivity contribution in [2.24, 2.45) is 0 Å². The van der Waals surface area contributed by atoms with Crippen molar-refractivity contribution in [3.8, 4) is 44.5 Å². The Bertz CT molecular complexity index is 2380. The summed E-state index contributed by atoms with van der Waals surface area (Å²) in [5.41, 5.74) is 13.8. The summed E-state index contributed by atoms with van der Waals surface area (Å²) in [6.45, 7) is 4.68. The molecule has 0 atom stereocenters. The predicted octanol–water partition coefficient (Wildman–Crippen LogP) is 11.8. The van der Waals surface area contributed by atoms with Crippen LogP contribution in [0.3, 0.4) is 0 Å². The highest BCUT2D eigenvalue weighted by Gasteiger charge is 2.37.